The van der Waals surface area contributed by atoms with Gasteiger partial charge in [0.15, 0.2) is 0 Å². The third-order valence-corrected chi connectivity index (χ3v) is 2.54. The highest BCUT2D eigenvalue weighted by molar-refractivity contribution is 5.23. The molecule has 66 valence electrons. The molecule has 0 aromatic heterocycles. The minimum absolute atomic E-state index is 0.405. The fourth-order valence-electron chi connectivity index (χ4n) is 1.73. The van der Waals surface area contributed by atoms with Gasteiger partial charge in [-0.05, 0) is 31.2 Å². The highest BCUT2D eigenvalue weighted by Gasteiger charge is 2.20. The molecule has 0 saturated carbocycles. The van der Waals surface area contributed by atoms with Gasteiger partial charge in [0, 0.05) is 0 Å². The van der Waals surface area contributed by atoms with Crippen molar-refractivity contribution in [3.05, 3.63) is 37.0 Å². The molecule has 2 N–H and O–H groups in total. The van der Waals surface area contributed by atoms with E-state index in [1.807, 2.05) is 6.08 Å². The molecule has 1 heteroatoms. The van der Waals surface area contributed by atoms with Crippen LogP contribution in [0, 0.1) is 11.8 Å². The molecule has 0 spiro atoms. The maximum atomic E-state index is 5.64. The van der Waals surface area contributed by atoms with Crippen LogP contribution in [0.25, 0.3) is 0 Å². The van der Waals surface area contributed by atoms with Gasteiger partial charge in [-0.15, -0.1) is 6.58 Å². The number of hydrogen-bond acceptors (Lipinski definition) is 1. The zero-order chi connectivity index (χ0) is 8.97. The fraction of sp³-hybridized carbons (Fsp3) is 0.455. The second-order valence-electron chi connectivity index (χ2n) is 3.30. The minimum atomic E-state index is 0.405. The van der Waals surface area contributed by atoms with Crippen LogP contribution in [0.3, 0.4) is 0 Å². The van der Waals surface area contributed by atoms with Crippen LogP contribution in [0.15, 0.2) is 37.0 Å². The molecule has 0 aromatic rings. The summed E-state index contributed by atoms with van der Waals surface area (Å²) in [5.74, 6) is 0.931. The maximum Gasteiger partial charge on any atom is -0.000839 e. The molecule has 0 fully saturated rings. The lowest BCUT2D eigenvalue weighted by Crippen LogP contribution is -2.23. The van der Waals surface area contributed by atoms with Gasteiger partial charge >= 0.3 is 0 Å². The molecule has 1 aliphatic carbocycles. The van der Waals surface area contributed by atoms with Gasteiger partial charge in [-0.2, -0.15) is 0 Å². The van der Waals surface area contributed by atoms with Crippen molar-refractivity contribution in [3.63, 3.8) is 0 Å². The van der Waals surface area contributed by atoms with E-state index in [4.69, 9.17) is 5.73 Å². The van der Waals surface area contributed by atoms with E-state index >= 15 is 0 Å². The molecule has 1 aliphatic rings. The molecule has 0 heterocycles. The maximum absolute atomic E-state index is 5.64. The van der Waals surface area contributed by atoms with Crippen molar-refractivity contribution in [1.82, 2.24) is 0 Å². The van der Waals surface area contributed by atoms with Crippen LogP contribution in [0.2, 0.25) is 0 Å². The number of hydrogen-bond donors (Lipinski definition) is 1. The van der Waals surface area contributed by atoms with Crippen molar-refractivity contribution < 1.29 is 0 Å². The molecule has 0 bridgehead atoms. The van der Waals surface area contributed by atoms with E-state index in [0.29, 0.717) is 18.4 Å². The highest BCUT2D eigenvalue weighted by atomic mass is 14.6. The first-order valence-corrected chi connectivity index (χ1v) is 4.47. The van der Waals surface area contributed by atoms with Gasteiger partial charge in [0.1, 0.15) is 0 Å². The van der Waals surface area contributed by atoms with E-state index < -0.39 is 0 Å². The minimum Gasteiger partial charge on any atom is -0.330 e. The van der Waals surface area contributed by atoms with Crippen LogP contribution in [-0.4, -0.2) is 6.54 Å². The monoisotopic (exact) mass is 163 g/mol. The number of rotatable bonds is 3. The second kappa shape index (κ2) is 4.27. The van der Waals surface area contributed by atoms with Gasteiger partial charge in [0.25, 0.3) is 0 Å². The van der Waals surface area contributed by atoms with Crippen molar-refractivity contribution in [1.29, 1.82) is 0 Å². The third-order valence-electron chi connectivity index (χ3n) is 2.54. The van der Waals surface area contributed by atoms with Gasteiger partial charge in [0.2, 0.25) is 0 Å². The third kappa shape index (κ3) is 1.86. The van der Waals surface area contributed by atoms with Crippen LogP contribution in [0.1, 0.15) is 12.8 Å². The van der Waals surface area contributed by atoms with Crippen molar-refractivity contribution in [3.8, 4) is 0 Å². The Labute approximate surface area is 74.7 Å². The van der Waals surface area contributed by atoms with E-state index in [0.717, 1.165) is 6.42 Å². The van der Waals surface area contributed by atoms with Gasteiger partial charge in [-0.1, -0.05) is 30.4 Å². The summed E-state index contributed by atoms with van der Waals surface area (Å²) >= 11 is 0. The van der Waals surface area contributed by atoms with Gasteiger partial charge in [-0.3, -0.25) is 0 Å². The predicted molar refractivity (Wildman–Crippen MR) is 53.7 cm³/mol. The van der Waals surface area contributed by atoms with Crippen LogP contribution >= 0.6 is 0 Å². The van der Waals surface area contributed by atoms with Gasteiger partial charge in [-0.25, -0.2) is 0 Å². The first kappa shape index (κ1) is 9.27. The molecule has 0 amide bonds. The molecule has 1 rings (SSSR count). The van der Waals surface area contributed by atoms with Crippen LogP contribution in [0.5, 0.6) is 0 Å². The summed E-state index contributed by atoms with van der Waals surface area (Å²) in [7, 11) is 0. The lowest BCUT2D eigenvalue weighted by Gasteiger charge is -2.26. The lowest BCUT2D eigenvalue weighted by molar-refractivity contribution is 0.435. The molecule has 1 nitrogen and oxygen atoms in total. The van der Waals surface area contributed by atoms with E-state index in [2.05, 4.69) is 25.3 Å². The predicted octanol–water partition coefficient (Wildman–Crippen LogP) is 2.27. The topological polar surface area (TPSA) is 26.0 Å². The average molecular weight is 163 g/mol. The Kier molecular flexibility index (Phi) is 3.30. The zero-order valence-corrected chi connectivity index (χ0v) is 7.50. The molecule has 2 unspecified atom stereocenters. The van der Waals surface area contributed by atoms with Gasteiger partial charge in [0.05, 0.1) is 0 Å². The summed E-state index contributed by atoms with van der Waals surface area (Å²) < 4.78 is 0. The number of nitrogens with two attached hydrogens (primary N) is 1. The van der Waals surface area contributed by atoms with Gasteiger partial charge < -0.3 is 5.73 Å². The summed E-state index contributed by atoms with van der Waals surface area (Å²) in [4.78, 5) is 0. The molecule has 0 saturated heterocycles. The van der Waals surface area contributed by atoms with Crippen LogP contribution in [-0.2, 0) is 0 Å². The second-order valence-corrected chi connectivity index (χ2v) is 3.30. The van der Waals surface area contributed by atoms with Crippen molar-refractivity contribution in [2.24, 2.45) is 17.6 Å². The van der Waals surface area contributed by atoms with E-state index in [9.17, 15) is 0 Å². The summed E-state index contributed by atoms with van der Waals surface area (Å²) in [6, 6.07) is 0. The molecular formula is C11H17N. The summed E-state index contributed by atoms with van der Waals surface area (Å²) in [6.45, 7) is 8.50. The lowest BCUT2D eigenvalue weighted by atomic mass is 9.80. The number of allylic oxidation sites excluding steroid dienone is 3. The Bertz CT molecular complexity index is 203. The van der Waals surface area contributed by atoms with Crippen molar-refractivity contribution in [2.45, 2.75) is 12.8 Å². The Morgan fingerprint density at radius 2 is 2.50 bits per heavy atom. The van der Waals surface area contributed by atoms with E-state index in [1.165, 1.54) is 12.0 Å². The standard InChI is InChI=1S/C11H17N/c1-3-10(8-12)11-7-5-4-6-9(11)2/h3-4,6,10-11H,1-2,5,7-8,12H2. The molecule has 12 heavy (non-hydrogen) atoms. The molecule has 0 aromatic carbocycles. The van der Waals surface area contributed by atoms with Crippen LogP contribution < -0.4 is 5.73 Å². The fourth-order valence-corrected chi connectivity index (χ4v) is 1.73. The zero-order valence-electron chi connectivity index (χ0n) is 7.50. The SMILES string of the molecule is C=CC(CN)C1CCC=CC1=C. The molecule has 0 aliphatic heterocycles. The first-order valence-electron chi connectivity index (χ1n) is 4.47. The van der Waals surface area contributed by atoms with E-state index in [1.54, 1.807) is 0 Å². The average Bonchev–Trinajstić information content (AvgIpc) is 2.10. The Morgan fingerprint density at radius 3 is 3.00 bits per heavy atom. The first-order chi connectivity index (χ1) is 5.79. The van der Waals surface area contributed by atoms with Crippen molar-refractivity contribution >= 4 is 0 Å². The smallest absolute Gasteiger partial charge is 0.000839 e. The molecule has 2 atom stereocenters. The largest absolute Gasteiger partial charge is 0.330 e. The summed E-state index contributed by atoms with van der Waals surface area (Å²) in [6.07, 6.45) is 8.56. The summed E-state index contributed by atoms with van der Waals surface area (Å²) in [5, 5.41) is 0. The quantitative estimate of drug-likeness (QED) is 0.635. The normalized spacial score (nSPS) is 25.4. The Morgan fingerprint density at radius 1 is 1.75 bits per heavy atom. The molecular weight excluding hydrogens is 146 g/mol. The Balaban J connectivity index is 2.66. The Hall–Kier alpha value is -0.820. The van der Waals surface area contributed by atoms with E-state index in [-0.39, 0.29) is 0 Å². The van der Waals surface area contributed by atoms with Crippen molar-refractivity contribution in [2.75, 3.05) is 6.54 Å². The summed E-state index contributed by atoms with van der Waals surface area (Å²) in [5.41, 5.74) is 6.85. The highest BCUT2D eigenvalue weighted by Crippen LogP contribution is 2.29. The molecule has 0 radical (unpaired) electrons. The van der Waals surface area contributed by atoms with Crippen LogP contribution in [0.4, 0.5) is 0 Å².